The van der Waals surface area contributed by atoms with Gasteiger partial charge in [-0.25, -0.2) is 9.59 Å². The van der Waals surface area contributed by atoms with E-state index in [2.05, 4.69) is 0 Å². The number of hydrogen-bond acceptors (Lipinski definition) is 9. The Morgan fingerprint density at radius 3 is 1.70 bits per heavy atom. The molecule has 0 amide bonds. The Bertz CT molecular complexity index is 512. The van der Waals surface area contributed by atoms with Crippen molar-refractivity contribution in [3.05, 3.63) is 0 Å². The Morgan fingerprint density at radius 2 is 1.35 bits per heavy atom. The molecule has 3 N–H and O–H groups in total. The minimum Gasteiger partial charge on any atom is -0.479 e. The van der Waals surface area contributed by atoms with Gasteiger partial charge in [-0.1, -0.05) is 0 Å². The van der Waals surface area contributed by atoms with Crippen LogP contribution in [0.3, 0.4) is 0 Å². The number of carboxylic acids is 1. The highest BCUT2D eigenvalue weighted by Crippen LogP contribution is 2.28. The van der Waals surface area contributed by atoms with Gasteiger partial charge in [0.05, 0.1) is 0 Å². The van der Waals surface area contributed by atoms with Crippen LogP contribution in [0.1, 0.15) is 13.8 Å². The van der Waals surface area contributed by atoms with Crippen molar-refractivity contribution < 1.29 is 39.3 Å². The maximum absolute atomic E-state index is 12.2. The Kier molecular flexibility index (Phi) is 5.59. The molecule has 0 aromatic carbocycles. The lowest BCUT2D eigenvalue weighted by Crippen LogP contribution is -2.71. The number of ketones is 2. The van der Waals surface area contributed by atoms with E-state index in [1.165, 1.54) is 0 Å². The Balaban J connectivity index is 3.13. The summed E-state index contributed by atoms with van der Waals surface area (Å²) in [7, 11) is 1.84. The molecule has 0 aromatic rings. The van der Waals surface area contributed by atoms with Gasteiger partial charge in [0.2, 0.25) is 0 Å². The van der Waals surface area contributed by atoms with E-state index in [9.17, 15) is 29.4 Å². The molecule has 10 heteroatoms. The van der Waals surface area contributed by atoms with Crippen molar-refractivity contribution in [2.45, 2.75) is 25.0 Å². The third-order valence-electron chi connectivity index (χ3n) is 3.82. The van der Waals surface area contributed by atoms with Gasteiger partial charge in [-0.15, -0.1) is 5.06 Å². The molecule has 1 aliphatic heterocycles. The monoisotopic (exact) mass is 332 g/mol. The van der Waals surface area contributed by atoms with Crippen LogP contribution in [0, 0.1) is 0 Å². The van der Waals surface area contributed by atoms with Crippen LogP contribution in [0.4, 0.5) is 0 Å². The first-order valence-electron chi connectivity index (χ1n) is 6.84. The number of nitrogens with zero attached hydrogens (tertiary/aromatic N) is 2. The lowest BCUT2D eigenvalue weighted by Gasteiger charge is -2.37. The van der Waals surface area contributed by atoms with E-state index >= 15 is 0 Å². The highest BCUT2D eigenvalue weighted by Gasteiger charge is 2.68. The summed E-state index contributed by atoms with van der Waals surface area (Å²) < 4.78 is 0. The van der Waals surface area contributed by atoms with Crippen LogP contribution in [0.25, 0.3) is 0 Å². The van der Waals surface area contributed by atoms with Crippen molar-refractivity contribution in [2.24, 2.45) is 0 Å². The number of carboxylic acid groups (broad SMARTS) is 1. The minimum atomic E-state index is -3.64. The Hall–Kier alpha value is -1.88. The highest BCUT2D eigenvalue weighted by molar-refractivity contribution is 6.21. The lowest BCUT2D eigenvalue weighted by atomic mass is 9.77. The zero-order chi connectivity index (χ0) is 18.0. The molecule has 0 saturated carbocycles. The smallest absolute Gasteiger partial charge is 0.369 e. The number of aliphatic hydroxyl groups is 2. The molecule has 23 heavy (non-hydrogen) atoms. The van der Waals surface area contributed by atoms with Crippen molar-refractivity contribution in [1.29, 1.82) is 0 Å². The van der Waals surface area contributed by atoms with Crippen molar-refractivity contribution in [3.8, 4) is 0 Å². The number of aliphatic carboxylic acids is 1. The number of piperazine rings is 1. The normalized spacial score (nSPS) is 21.8. The van der Waals surface area contributed by atoms with Crippen molar-refractivity contribution in [2.75, 3.05) is 33.2 Å². The summed E-state index contributed by atoms with van der Waals surface area (Å²) in [6.07, 6.45) is 0. The fourth-order valence-corrected chi connectivity index (χ4v) is 2.17. The largest absolute Gasteiger partial charge is 0.479 e. The first-order valence-corrected chi connectivity index (χ1v) is 6.84. The van der Waals surface area contributed by atoms with Crippen LogP contribution in [-0.2, 0) is 24.0 Å². The molecule has 2 atom stereocenters. The number of likely N-dealkylation sites (N-methyl/N-ethyl adjacent to an activating group) is 1. The number of hydrogen-bond donors (Lipinski definition) is 3. The van der Waals surface area contributed by atoms with E-state index in [0.717, 1.165) is 5.06 Å². The molecule has 0 aliphatic carbocycles. The van der Waals surface area contributed by atoms with Gasteiger partial charge in [-0.05, 0) is 20.9 Å². The second-order valence-electron chi connectivity index (χ2n) is 5.45. The van der Waals surface area contributed by atoms with Crippen molar-refractivity contribution in [1.82, 2.24) is 9.96 Å². The van der Waals surface area contributed by atoms with Crippen molar-refractivity contribution in [3.63, 3.8) is 0 Å². The van der Waals surface area contributed by atoms with Crippen LogP contribution < -0.4 is 0 Å². The maximum atomic E-state index is 12.2. The van der Waals surface area contributed by atoms with Gasteiger partial charge >= 0.3 is 11.9 Å². The van der Waals surface area contributed by atoms with Gasteiger partial charge in [0.15, 0.2) is 11.6 Å². The minimum absolute atomic E-state index is 0.252. The third-order valence-corrected chi connectivity index (χ3v) is 3.82. The van der Waals surface area contributed by atoms with Crippen LogP contribution >= 0.6 is 0 Å². The average molecular weight is 332 g/mol. The van der Waals surface area contributed by atoms with Gasteiger partial charge in [-0.2, -0.15) is 0 Å². The Morgan fingerprint density at radius 1 is 0.913 bits per heavy atom. The number of carbonyl (C=O) groups excluding carboxylic acids is 3. The molecule has 2 unspecified atom stereocenters. The first kappa shape index (κ1) is 19.2. The van der Waals surface area contributed by atoms with E-state index in [-0.39, 0.29) is 13.1 Å². The fourth-order valence-electron chi connectivity index (χ4n) is 2.17. The Labute approximate surface area is 132 Å². The molecule has 0 radical (unpaired) electrons. The molecule has 1 fully saturated rings. The van der Waals surface area contributed by atoms with Gasteiger partial charge in [0, 0.05) is 26.2 Å². The van der Waals surface area contributed by atoms with Crippen LogP contribution in [0.15, 0.2) is 0 Å². The van der Waals surface area contributed by atoms with Crippen LogP contribution in [0.2, 0.25) is 0 Å². The SMILES string of the molecule is CC(=O)C(O)(C(=O)O)C(O)(C(C)=O)C(=O)ON1CCN(C)CC1. The average Bonchev–Trinajstić information content (AvgIpc) is 2.46. The van der Waals surface area contributed by atoms with E-state index in [4.69, 9.17) is 9.94 Å². The standard InChI is InChI=1S/C13H20N2O8/c1-8(16)12(21,10(18)19)13(22,9(2)17)11(20)23-15-6-4-14(3)5-7-15/h21-22H,4-7H2,1-3H3,(H,18,19). The maximum Gasteiger partial charge on any atom is 0.369 e. The van der Waals surface area contributed by atoms with E-state index in [1.807, 2.05) is 11.9 Å². The van der Waals surface area contributed by atoms with E-state index < -0.39 is 34.7 Å². The van der Waals surface area contributed by atoms with E-state index in [0.29, 0.717) is 26.9 Å². The number of carbonyl (C=O) groups is 4. The van der Waals surface area contributed by atoms with Crippen molar-refractivity contribution >= 4 is 23.5 Å². The summed E-state index contributed by atoms with van der Waals surface area (Å²) >= 11 is 0. The second kappa shape index (κ2) is 6.71. The molecule has 1 heterocycles. The molecule has 1 aliphatic rings. The zero-order valence-electron chi connectivity index (χ0n) is 13.1. The van der Waals surface area contributed by atoms with Gasteiger partial charge in [0.1, 0.15) is 0 Å². The topological polar surface area (TPSA) is 145 Å². The predicted octanol–water partition coefficient (Wildman–Crippen LogP) is -2.58. The summed E-state index contributed by atoms with van der Waals surface area (Å²) in [5, 5.41) is 30.5. The molecule has 0 aromatic heterocycles. The van der Waals surface area contributed by atoms with Crippen LogP contribution in [-0.4, -0.2) is 93.2 Å². The van der Waals surface area contributed by atoms with Gasteiger partial charge in [0.25, 0.3) is 11.2 Å². The molecule has 0 bridgehead atoms. The molecule has 130 valence electrons. The number of rotatable bonds is 6. The molecule has 1 rings (SSSR count). The van der Waals surface area contributed by atoms with Crippen LogP contribution in [0.5, 0.6) is 0 Å². The number of hydroxylamine groups is 2. The summed E-state index contributed by atoms with van der Waals surface area (Å²) in [4.78, 5) is 53.4. The zero-order valence-corrected chi connectivity index (χ0v) is 13.1. The summed E-state index contributed by atoms with van der Waals surface area (Å²) in [6, 6.07) is 0. The fraction of sp³-hybridized carbons (Fsp3) is 0.692. The predicted molar refractivity (Wildman–Crippen MR) is 74.1 cm³/mol. The van der Waals surface area contributed by atoms with Gasteiger partial charge < -0.3 is 25.1 Å². The highest BCUT2D eigenvalue weighted by atomic mass is 16.7. The summed E-state index contributed by atoms with van der Waals surface area (Å²) in [5.74, 6) is -6.83. The lowest BCUT2D eigenvalue weighted by molar-refractivity contribution is -0.235. The third kappa shape index (κ3) is 3.24. The molecular formula is C13H20N2O8. The molecule has 0 spiro atoms. The summed E-state index contributed by atoms with van der Waals surface area (Å²) in [6.45, 7) is 2.89. The van der Waals surface area contributed by atoms with E-state index in [1.54, 1.807) is 0 Å². The van der Waals surface area contributed by atoms with Gasteiger partial charge in [-0.3, -0.25) is 9.59 Å². The quantitative estimate of drug-likeness (QED) is 0.443. The molecule has 10 nitrogen and oxygen atoms in total. The first-order chi connectivity index (χ1) is 10.5. The number of Topliss-reactive ketones (excluding diaryl/α,β-unsaturated/α-hetero) is 2. The summed E-state index contributed by atoms with van der Waals surface area (Å²) in [5.41, 5.74) is -7.18. The molecular weight excluding hydrogens is 312 g/mol. The molecule has 1 saturated heterocycles. The second-order valence-corrected chi connectivity index (χ2v) is 5.45.